The number of hydrogen-bond acceptors (Lipinski definition) is 4. The molecule has 25 heavy (non-hydrogen) atoms. The van der Waals surface area contributed by atoms with Gasteiger partial charge in [0.2, 0.25) is 0 Å². The van der Waals surface area contributed by atoms with Crippen LogP contribution in [0.1, 0.15) is 15.9 Å². The number of nitrogens with one attached hydrogen (secondary N) is 1. The standard InChI is InChI=1S/C18H19Cl2NO3S/c1-23-16-8-3-5-12(17(16)24-2)18(22)21-9-10-25-11-13-14(19)6-4-7-15(13)20/h3-8H,9-11H2,1-2H3,(H,21,22). The lowest BCUT2D eigenvalue weighted by molar-refractivity contribution is 0.0952. The van der Waals surface area contributed by atoms with Gasteiger partial charge in [0.25, 0.3) is 5.91 Å². The number of methoxy groups -OCH3 is 2. The quantitative estimate of drug-likeness (QED) is 0.654. The van der Waals surface area contributed by atoms with Crippen molar-refractivity contribution in [3.05, 3.63) is 57.6 Å². The highest BCUT2D eigenvalue weighted by Gasteiger charge is 2.15. The highest BCUT2D eigenvalue weighted by Crippen LogP contribution is 2.30. The molecule has 1 N–H and O–H groups in total. The van der Waals surface area contributed by atoms with Gasteiger partial charge in [-0.15, -0.1) is 0 Å². The summed E-state index contributed by atoms with van der Waals surface area (Å²) in [5, 5.41) is 4.19. The van der Waals surface area contributed by atoms with Crippen molar-refractivity contribution in [1.82, 2.24) is 5.32 Å². The molecule has 1 amide bonds. The number of hydrogen-bond donors (Lipinski definition) is 1. The fraction of sp³-hybridized carbons (Fsp3) is 0.278. The number of para-hydroxylation sites is 1. The Balaban J connectivity index is 1.85. The van der Waals surface area contributed by atoms with E-state index in [-0.39, 0.29) is 5.91 Å². The number of halogens is 2. The molecule has 2 rings (SSSR count). The average Bonchev–Trinajstić information content (AvgIpc) is 2.62. The monoisotopic (exact) mass is 399 g/mol. The molecule has 0 spiro atoms. The number of thioether (sulfide) groups is 1. The van der Waals surface area contributed by atoms with E-state index in [9.17, 15) is 4.79 Å². The predicted molar refractivity (Wildman–Crippen MR) is 105 cm³/mol. The highest BCUT2D eigenvalue weighted by molar-refractivity contribution is 7.98. The zero-order valence-electron chi connectivity index (χ0n) is 14.0. The smallest absolute Gasteiger partial charge is 0.255 e. The largest absolute Gasteiger partial charge is 0.493 e. The Morgan fingerprint density at radius 3 is 2.40 bits per heavy atom. The summed E-state index contributed by atoms with van der Waals surface area (Å²) < 4.78 is 10.5. The fourth-order valence-corrected chi connectivity index (χ4v) is 3.84. The minimum absolute atomic E-state index is 0.202. The van der Waals surface area contributed by atoms with Gasteiger partial charge in [-0.05, 0) is 29.8 Å². The van der Waals surface area contributed by atoms with E-state index in [2.05, 4.69) is 5.32 Å². The molecule has 0 bridgehead atoms. The molecule has 0 atom stereocenters. The van der Waals surface area contributed by atoms with Crippen LogP contribution in [-0.2, 0) is 5.75 Å². The molecule has 0 saturated carbocycles. The molecule has 134 valence electrons. The molecule has 2 aromatic rings. The highest BCUT2D eigenvalue weighted by atomic mass is 35.5. The zero-order valence-corrected chi connectivity index (χ0v) is 16.3. The normalized spacial score (nSPS) is 10.4. The van der Waals surface area contributed by atoms with E-state index in [0.29, 0.717) is 39.4 Å². The zero-order chi connectivity index (χ0) is 18.2. The Morgan fingerprint density at radius 2 is 1.76 bits per heavy atom. The topological polar surface area (TPSA) is 47.6 Å². The van der Waals surface area contributed by atoms with Gasteiger partial charge in [0.15, 0.2) is 11.5 Å². The van der Waals surface area contributed by atoms with Crippen molar-refractivity contribution >= 4 is 40.9 Å². The summed E-state index contributed by atoms with van der Waals surface area (Å²) in [5.41, 5.74) is 1.36. The molecule has 0 aliphatic rings. The minimum Gasteiger partial charge on any atom is -0.493 e. The number of benzene rings is 2. The third-order valence-corrected chi connectivity index (χ3v) is 5.18. The summed E-state index contributed by atoms with van der Waals surface area (Å²) in [4.78, 5) is 12.3. The van der Waals surface area contributed by atoms with Crippen molar-refractivity contribution in [2.24, 2.45) is 0 Å². The molecular formula is C18H19Cl2NO3S. The van der Waals surface area contributed by atoms with Gasteiger partial charge in [0, 0.05) is 28.1 Å². The summed E-state index contributed by atoms with van der Waals surface area (Å²) in [6.07, 6.45) is 0. The average molecular weight is 400 g/mol. The second-order valence-electron chi connectivity index (χ2n) is 5.05. The van der Waals surface area contributed by atoms with Crippen LogP contribution in [0.25, 0.3) is 0 Å². The van der Waals surface area contributed by atoms with Crippen LogP contribution in [0.15, 0.2) is 36.4 Å². The summed E-state index contributed by atoms with van der Waals surface area (Å²) in [6, 6.07) is 10.7. The van der Waals surface area contributed by atoms with Crippen LogP contribution in [-0.4, -0.2) is 32.4 Å². The Morgan fingerprint density at radius 1 is 1.08 bits per heavy atom. The molecule has 4 nitrogen and oxygen atoms in total. The van der Waals surface area contributed by atoms with E-state index in [1.54, 1.807) is 30.0 Å². The molecule has 0 heterocycles. The van der Waals surface area contributed by atoms with Gasteiger partial charge in [-0.25, -0.2) is 0 Å². The molecule has 0 unspecified atom stereocenters. The van der Waals surface area contributed by atoms with Gasteiger partial charge >= 0.3 is 0 Å². The second-order valence-corrected chi connectivity index (χ2v) is 6.97. The van der Waals surface area contributed by atoms with Crippen LogP contribution in [0, 0.1) is 0 Å². The van der Waals surface area contributed by atoms with E-state index in [1.807, 2.05) is 18.2 Å². The number of ether oxygens (including phenoxy) is 2. The first-order valence-electron chi connectivity index (χ1n) is 7.58. The van der Waals surface area contributed by atoms with Crippen LogP contribution in [0.3, 0.4) is 0 Å². The third-order valence-electron chi connectivity index (χ3n) is 3.49. The van der Waals surface area contributed by atoms with Crippen LogP contribution in [0.2, 0.25) is 10.0 Å². The lowest BCUT2D eigenvalue weighted by atomic mass is 10.1. The minimum atomic E-state index is -0.202. The summed E-state index contributed by atoms with van der Waals surface area (Å²) in [7, 11) is 3.05. The van der Waals surface area contributed by atoms with E-state index >= 15 is 0 Å². The van der Waals surface area contributed by atoms with E-state index in [0.717, 1.165) is 11.3 Å². The van der Waals surface area contributed by atoms with Crippen LogP contribution < -0.4 is 14.8 Å². The Labute approximate surface area is 161 Å². The second kappa shape index (κ2) is 9.80. The Kier molecular flexibility index (Phi) is 7.75. The van der Waals surface area contributed by atoms with Gasteiger partial charge in [-0.2, -0.15) is 11.8 Å². The van der Waals surface area contributed by atoms with Crippen LogP contribution in [0.4, 0.5) is 0 Å². The summed E-state index contributed by atoms with van der Waals surface area (Å²) in [6.45, 7) is 0.520. The molecule has 0 radical (unpaired) electrons. The van der Waals surface area contributed by atoms with Gasteiger partial charge in [-0.1, -0.05) is 35.3 Å². The lowest BCUT2D eigenvalue weighted by Crippen LogP contribution is -2.26. The molecular weight excluding hydrogens is 381 g/mol. The first-order chi connectivity index (χ1) is 12.1. The first kappa shape index (κ1) is 19.8. The van der Waals surface area contributed by atoms with E-state index in [4.69, 9.17) is 32.7 Å². The van der Waals surface area contributed by atoms with Crippen LogP contribution in [0.5, 0.6) is 11.5 Å². The lowest BCUT2D eigenvalue weighted by Gasteiger charge is -2.12. The number of rotatable bonds is 8. The molecule has 2 aromatic carbocycles. The maximum Gasteiger partial charge on any atom is 0.255 e. The SMILES string of the molecule is COc1cccc(C(=O)NCCSCc2c(Cl)cccc2Cl)c1OC. The van der Waals surface area contributed by atoms with Crippen molar-refractivity contribution in [3.63, 3.8) is 0 Å². The van der Waals surface area contributed by atoms with E-state index < -0.39 is 0 Å². The Bertz CT molecular complexity index is 720. The number of carbonyl (C=O) groups excluding carboxylic acids is 1. The van der Waals surface area contributed by atoms with Crippen molar-refractivity contribution in [1.29, 1.82) is 0 Å². The number of amides is 1. The summed E-state index contributed by atoms with van der Waals surface area (Å²) in [5.74, 6) is 2.18. The fourth-order valence-electron chi connectivity index (χ4n) is 2.24. The van der Waals surface area contributed by atoms with Crippen molar-refractivity contribution in [2.45, 2.75) is 5.75 Å². The van der Waals surface area contributed by atoms with Crippen molar-refractivity contribution in [2.75, 3.05) is 26.5 Å². The molecule has 0 aliphatic heterocycles. The summed E-state index contributed by atoms with van der Waals surface area (Å²) >= 11 is 13.9. The predicted octanol–water partition coefficient (Wildman–Crippen LogP) is 4.67. The number of carbonyl (C=O) groups is 1. The molecule has 0 saturated heterocycles. The third kappa shape index (κ3) is 5.21. The molecule has 0 aromatic heterocycles. The molecule has 0 aliphatic carbocycles. The maximum absolute atomic E-state index is 12.3. The van der Waals surface area contributed by atoms with Gasteiger partial charge in [-0.3, -0.25) is 4.79 Å². The molecule has 7 heteroatoms. The van der Waals surface area contributed by atoms with Crippen molar-refractivity contribution in [3.8, 4) is 11.5 Å². The first-order valence-corrected chi connectivity index (χ1v) is 9.49. The van der Waals surface area contributed by atoms with Gasteiger partial charge in [0.1, 0.15) is 0 Å². The van der Waals surface area contributed by atoms with Gasteiger partial charge < -0.3 is 14.8 Å². The molecule has 0 fully saturated rings. The van der Waals surface area contributed by atoms with Crippen LogP contribution >= 0.6 is 35.0 Å². The Hall–Kier alpha value is -1.56. The van der Waals surface area contributed by atoms with Crippen molar-refractivity contribution < 1.29 is 14.3 Å². The van der Waals surface area contributed by atoms with E-state index in [1.165, 1.54) is 14.2 Å². The van der Waals surface area contributed by atoms with Gasteiger partial charge in [0.05, 0.1) is 19.8 Å². The maximum atomic E-state index is 12.3.